The van der Waals surface area contributed by atoms with Crippen molar-refractivity contribution in [3.05, 3.63) is 15.6 Å². The predicted molar refractivity (Wildman–Crippen MR) is 71.6 cm³/mol. The topological polar surface area (TPSA) is 34.2 Å². The van der Waals surface area contributed by atoms with Gasteiger partial charge in [0, 0.05) is 23.6 Å². The summed E-state index contributed by atoms with van der Waals surface area (Å²) in [4.78, 5) is 5.93. The Labute approximate surface area is 108 Å². The van der Waals surface area contributed by atoms with Gasteiger partial charge in [-0.1, -0.05) is 0 Å². The second-order valence-corrected chi connectivity index (χ2v) is 6.31. The SMILES string of the molecule is Cc1nc(C(C)NC(C)C2CCCO2)c(C)s1. The highest BCUT2D eigenvalue weighted by atomic mass is 32.1. The molecule has 0 saturated carbocycles. The first-order valence-electron chi connectivity index (χ1n) is 6.39. The first kappa shape index (κ1) is 13.0. The zero-order valence-electron chi connectivity index (χ0n) is 11.1. The Morgan fingerprint density at radius 3 is 2.71 bits per heavy atom. The third-order valence-electron chi connectivity index (χ3n) is 3.39. The van der Waals surface area contributed by atoms with Crippen LogP contribution < -0.4 is 5.32 Å². The second-order valence-electron chi connectivity index (χ2n) is 4.90. The van der Waals surface area contributed by atoms with Gasteiger partial charge >= 0.3 is 0 Å². The molecule has 3 atom stereocenters. The van der Waals surface area contributed by atoms with E-state index >= 15 is 0 Å². The van der Waals surface area contributed by atoms with Crippen LogP contribution in [0.2, 0.25) is 0 Å². The summed E-state index contributed by atoms with van der Waals surface area (Å²) in [5, 5.41) is 4.76. The van der Waals surface area contributed by atoms with E-state index < -0.39 is 0 Å². The summed E-state index contributed by atoms with van der Waals surface area (Å²) in [6, 6.07) is 0.702. The molecule has 2 rings (SSSR count). The van der Waals surface area contributed by atoms with E-state index in [9.17, 15) is 0 Å². The summed E-state index contributed by atoms with van der Waals surface area (Å²) in [5.41, 5.74) is 1.19. The van der Waals surface area contributed by atoms with Crippen LogP contribution in [0.4, 0.5) is 0 Å². The van der Waals surface area contributed by atoms with E-state index in [4.69, 9.17) is 4.74 Å². The quantitative estimate of drug-likeness (QED) is 0.897. The van der Waals surface area contributed by atoms with Crippen LogP contribution in [-0.2, 0) is 4.74 Å². The van der Waals surface area contributed by atoms with Crippen LogP contribution in [0.25, 0.3) is 0 Å². The molecule has 2 heterocycles. The van der Waals surface area contributed by atoms with E-state index in [2.05, 4.69) is 38.0 Å². The third kappa shape index (κ3) is 3.06. The third-order valence-corrected chi connectivity index (χ3v) is 4.29. The first-order chi connectivity index (χ1) is 8.08. The monoisotopic (exact) mass is 254 g/mol. The van der Waals surface area contributed by atoms with Gasteiger partial charge in [-0.2, -0.15) is 0 Å². The van der Waals surface area contributed by atoms with E-state index in [0.29, 0.717) is 18.2 Å². The van der Waals surface area contributed by atoms with Crippen LogP contribution in [0.1, 0.15) is 48.3 Å². The van der Waals surface area contributed by atoms with E-state index in [-0.39, 0.29) is 0 Å². The molecular weight excluding hydrogens is 232 g/mol. The highest BCUT2D eigenvalue weighted by Gasteiger charge is 2.24. The number of nitrogens with zero attached hydrogens (tertiary/aromatic N) is 1. The molecule has 0 bridgehead atoms. The Morgan fingerprint density at radius 1 is 1.41 bits per heavy atom. The zero-order valence-corrected chi connectivity index (χ0v) is 11.9. The van der Waals surface area contributed by atoms with E-state index in [0.717, 1.165) is 11.6 Å². The number of aryl methyl sites for hydroxylation is 2. The van der Waals surface area contributed by atoms with Gasteiger partial charge in [-0.3, -0.25) is 0 Å². The van der Waals surface area contributed by atoms with Gasteiger partial charge in [0.05, 0.1) is 16.8 Å². The van der Waals surface area contributed by atoms with Crippen LogP contribution in [0, 0.1) is 13.8 Å². The van der Waals surface area contributed by atoms with Crippen molar-refractivity contribution in [1.29, 1.82) is 0 Å². The number of rotatable bonds is 4. The predicted octanol–water partition coefficient (Wildman–Crippen LogP) is 2.98. The summed E-state index contributed by atoms with van der Waals surface area (Å²) in [6.07, 6.45) is 2.74. The van der Waals surface area contributed by atoms with Crippen molar-refractivity contribution in [2.24, 2.45) is 0 Å². The van der Waals surface area contributed by atoms with E-state index in [1.807, 2.05) is 0 Å². The van der Waals surface area contributed by atoms with Crippen LogP contribution in [0.3, 0.4) is 0 Å². The summed E-state index contributed by atoms with van der Waals surface area (Å²) >= 11 is 1.77. The number of thiazole rings is 1. The van der Waals surface area contributed by atoms with Crippen molar-refractivity contribution in [3.63, 3.8) is 0 Å². The van der Waals surface area contributed by atoms with Crippen molar-refractivity contribution < 1.29 is 4.74 Å². The first-order valence-corrected chi connectivity index (χ1v) is 7.21. The zero-order chi connectivity index (χ0) is 12.4. The molecule has 3 nitrogen and oxygen atoms in total. The molecule has 0 amide bonds. The maximum atomic E-state index is 5.71. The fourth-order valence-electron chi connectivity index (χ4n) is 2.52. The molecule has 0 aromatic carbocycles. The molecule has 17 heavy (non-hydrogen) atoms. The number of nitrogens with one attached hydrogen (secondary N) is 1. The normalized spacial score (nSPS) is 23.9. The maximum Gasteiger partial charge on any atom is 0.0900 e. The van der Waals surface area contributed by atoms with Crippen LogP contribution in [0.15, 0.2) is 0 Å². The lowest BCUT2D eigenvalue weighted by Crippen LogP contribution is -2.38. The van der Waals surface area contributed by atoms with Gasteiger partial charge in [0.25, 0.3) is 0 Å². The highest BCUT2D eigenvalue weighted by molar-refractivity contribution is 7.11. The van der Waals surface area contributed by atoms with E-state index in [1.54, 1.807) is 11.3 Å². The standard InChI is InChI=1S/C13H22N2OS/c1-8(12-6-5-7-16-12)14-9(2)13-10(3)17-11(4)15-13/h8-9,12,14H,5-7H2,1-4H3. The number of ether oxygens (including phenoxy) is 1. The Hall–Kier alpha value is -0.450. The fourth-order valence-corrected chi connectivity index (χ4v) is 3.44. The van der Waals surface area contributed by atoms with Crippen molar-refractivity contribution in [2.45, 2.75) is 58.7 Å². The molecule has 1 saturated heterocycles. The number of hydrogen-bond acceptors (Lipinski definition) is 4. The second kappa shape index (κ2) is 5.46. The van der Waals surface area contributed by atoms with Gasteiger partial charge < -0.3 is 10.1 Å². The maximum absolute atomic E-state index is 5.71. The number of hydrogen-bond donors (Lipinski definition) is 1. The molecule has 96 valence electrons. The lowest BCUT2D eigenvalue weighted by Gasteiger charge is -2.24. The minimum atomic E-state index is 0.305. The largest absolute Gasteiger partial charge is 0.377 e. The average molecular weight is 254 g/mol. The van der Waals surface area contributed by atoms with Crippen LogP contribution in [-0.4, -0.2) is 23.7 Å². The molecule has 0 spiro atoms. The lowest BCUT2D eigenvalue weighted by atomic mass is 10.1. The van der Waals surface area contributed by atoms with Crippen molar-refractivity contribution in [1.82, 2.24) is 10.3 Å². The summed E-state index contributed by atoms with van der Waals surface area (Å²) in [7, 11) is 0. The van der Waals surface area contributed by atoms with Crippen LogP contribution in [0.5, 0.6) is 0 Å². The van der Waals surface area contributed by atoms with Crippen LogP contribution >= 0.6 is 11.3 Å². The van der Waals surface area contributed by atoms with Crippen molar-refractivity contribution >= 4 is 11.3 Å². The molecule has 1 aliphatic rings. The molecule has 3 unspecified atom stereocenters. The Kier molecular flexibility index (Phi) is 4.17. The average Bonchev–Trinajstić information content (AvgIpc) is 2.87. The smallest absolute Gasteiger partial charge is 0.0900 e. The van der Waals surface area contributed by atoms with Gasteiger partial charge in [-0.25, -0.2) is 4.98 Å². The molecule has 1 aromatic rings. The van der Waals surface area contributed by atoms with E-state index in [1.165, 1.54) is 23.4 Å². The van der Waals surface area contributed by atoms with Gasteiger partial charge in [-0.15, -0.1) is 11.3 Å². The van der Waals surface area contributed by atoms with Crippen molar-refractivity contribution in [2.75, 3.05) is 6.61 Å². The van der Waals surface area contributed by atoms with Gasteiger partial charge in [-0.05, 0) is 40.5 Å². The fraction of sp³-hybridized carbons (Fsp3) is 0.769. The summed E-state index contributed by atoms with van der Waals surface area (Å²) in [6.45, 7) is 9.53. The molecule has 0 radical (unpaired) electrons. The molecule has 1 fully saturated rings. The summed E-state index contributed by atoms with van der Waals surface area (Å²) < 4.78 is 5.71. The lowest BCUT2D eigenvalue weighted by molar-refractivity contribution is 0.0802. The summed E-state index contributed by atoms with van der Waals surface area (Å²) in [5.74, 6) is 0. The van der Waals surface area contributed by atoms with Gasteiger partial charge in [0.2, 0.25) is 0 Å². The molecular formula is C13H22N2OS. The highest BCUT2D eigenvalue weighted by Crippen LogP contribution is 2.24. The minimum absolute atomic E-state index is 0.305. The van der Waals surface area contributed by atoms with Gasteiger partial charge in [0.15, 0.2) is 0 Å². The molecule has 1 N–H and O–H groups in total. The number of aromatic nitrogens is 1. The Morgan fingerprint density at radius 2 is 2.18 bits per heavy atom. The molecule has 1 aromatic heterocycles. The molecule has 1 aliphatic heterocycles. The molecule has 0 aliphatic carbocycles. The van der Waals surface area contributed by atoms with Gasteiger partial charge in [0.1, 0.15) is 0 Å². The Bertz CT molecular complexity index is 371. The Balaban J connectivity index is 1.96. The van der Waals surface area contributed by atoms with Crippen molar-refractivity contribution in [3.8, 4) is 0 Å². The molecule has 4 heteroatoms. The minimum Gasteiger partial charge on any atom is -0.377 e.